The van der Waals surface area contributed by atoms with Gasteiger partial charge < -0.3 is 5.32 Å². The summed E-state index contributed by atoms with van der Waals surface area (Å²) in [6, 6.07) is 6.80. The molecule has 1 N–H and O–H groups in total. The molecule has 0 spiro atoms. The summed E-state index contributed by atoms with van der Waals surface area (Å²) < 4.78 is 16.1. The maximum absolute atomic E-state index is 13.5. The maximum Gasteiger partial charge on any atom is 0.146 e. The van der Waals surface area contributed by atoms with E-state index in [1.807, 2.05) is 20.0 Å². The summed E-state index contributed by atoms with van der Waals surface area (Å²) >= 11 is 3.32. The Hall–Kier alpha value is -1.36. The zero-order valence-corrected chi connectivity index (χ0v) is 11.3. The van der Waals surface area contributed by atoms with E-state index in [2.05, 4.69) is 26.3 Å². The Morgan fingerprint density at radius 2 is 2.18 bits per heavy atom. The summed E-state index contributed by atoms with van der Waals surface area (Å²) in [5.41, 5.74) is 2.46. The summed E-state index contributed by atoms with van der Waals surface area (Å²) in [6.45, 7) is 2.48. The fourth-order valence-corrected chi connectivity index (χ4v) is 2.01. The van der Waals surface area contributed by atoms with Crippen LogP contribution in [0.25, 0.3) is 0 Å². The summed E-state index contributed by atoms with van der Waals surface area (Å²) in [7, 11) is 1.88. The van der Waals surface area contributed by atoms with E-state index in [0.717, 1.165) is 15.9 Å². The molecule has 1 aromatic heterocycles. The number of benzene rings is 1. The number of aromatic nitrogens is 2. The van der Waals surface area contributed by atoms with Gasteiger partial charge in [0.25, 0.3) is 0 Å². The minimum Gasteiger partial charge on any atom is -0.377 e. The van der Waals surface area contributed by atoms with Gasteiger partial charge in [-0.1, -0.05) is 15.9 Å². The molecule has 0 fully saturated rings. The molecule has 0 saturated carbocycles. The van der Waals surface area contributed by atoms with Crippen molar-refractivity contribution in [3.05, 3.63) is 45.9 Å². The average molecular weight is 298 g/mol. The van der Waals surface area contributed by atoms with E-state index in [9.17, 15) is 4.39 Å². The second kappa shape index (κ2) is 4.87. The van der Waals surface area contributed by atoms with Crippen molar-refractivity contribution in [2.75, 3.05) is 5.32 Å². The van der Waals surface area contributed by atoms with Crippen LogP contribution < -0.4 is 5.32 Å². The lowest BCUT2D eigenvalue weighted by atomic mass is 10.3. The van der Waals surface area contributed by atoms with Crippen LogP contribution in [0.3, 0.4) is 0 Å². The highest BCUT2D eigenvalue weighted by atomic mass is 79.9. The lowest BCUT2D eigenvalue weighted by molar-refractivity contribution is 0.628. The normalized spacial score (nSPS) is 10.6. The summed E-state index contributed by atoms with van der Waals surface area (Å²) in [5.74, 6) is -0.257. The van der Waals surface area contributed by atoms with Crippen molar-refractivity contribution in [2.24, 2.45) is 7.05 Å². The molecule has 1 aromatic carbocycles. The number of aryl methyl sites for hydroxylation is 2. The Balaban J connectivity index is 2.12. The number of rotatable bonds is 3. The minimum absolute atomic E-state index is 0.257. The topological polar surface area (TPSA) is 29.9 Å². The van der Waals surface area contributed by atoms with E-state index < -0.39 is 0 Å². The molecule has 0 saturated heterocycles. The predicted molar refractivity (Wildman–Crippen MR) is 69.4 cm³/mol. The fraction of sp³-hybridized carbons (Fsp3) is 0.250. The largest absolute Gasteiger partial charge is 0.377 e. The lowest BCUT2D eigenvalue weighted by Gasteiger charge is -2.08. The zero-order chi connectivity index (χ0) is 12.4. The molecule has 0 radical (unpaired) electrons. The van der Waals surface area contributed by atoms with Crippen molar-refractivity contribution < 1.29 is 4.39 Å². The van der Waals surface area contributed by atoms with Gasteiger partial charge in [-0.3, -0.25) is 4.68 Å². The molecule has 17 heavy (non-hydrogen) atoms. The molecular weight excluding hydrogens is 285 g/mol. The molecule has 0 unspecified atom stereocenters. The first-order valence-electron chi connectivity index (χ1n) is 5.24. The van der Waals surface area contributed by atoms with Crippen LogP contribution in [-0.4, -0.2) is 9.78 Å². The number of nitrogens with one attached hydrogen (secondary N) is 1. The molecule has 0 aliphatic carbocycles. The minimum atomic E-state index is -0.257. The Kier molecular flexibility index (Phi) is 3.47. The Morgan fingerprint density at radius 1 is 1.41 bits per heavy atom. The molecule has 1 heterocycles. The monoisotopic (exact) mass is 297 g/mol. The van der Waals surface area contributed by atoms with Crippen LogP contribution in [0, 0.1) is 12.7 Å². The standard InChI is InChI=1S/C12H13BrFN3/c1-8-5-10(17(2)16-8)7-15-12-6-9(13)3-4-11(12)14/h3-6,15H,7H2,1-2H3. The van der Waals surface area contributed by atoms with Gasteiger partial charge in [0.2, 0.25) is 0 Å². The van der Waals surface area contributed by atoms with Crippen LogP contribution in [0.5, 0.6) is 0 Å². The molecule has 90 valence electrons. The van der Waals surface area contributed by atoms with Gasteiger partial charge in [-0.2, -0.15) is 5.10 Å². The van der Waals surface area contributed by atoms with E-state index in [0.29, 0.717) is 12.2 Å². The van der Waals surface area contributed by atoms with Crippen LogP contribution >= 0.6 is 15.9 Å². The fourth-order valence-electron chi connectivity index (χ4n) is 1.65. The van der Waals surface area contributed by atoms with Gasteiger partial charge in [-0.05, 0) is 31.2 Å². The van der Waals surface area contributed by atoms with Crippen molar-refractivity contribution in [3.8, 4) is 0 Å². The molecule has 0 aliphatic heterocycles. The first-order chi connectivity index (χ1) is 8.06. The van der Waals surface area contributed by atoms with Gasteiger partial charge in [-0.25, -0.2) is 4.39 Å². The van der Waals surface area contributed by atoms with E-state index in [4.69, 9.17) is 0 Å². The number of nitrogens with zero attached hydrogens (tertiary/aromatic N) is 2. The third-order valence-electron chi connectivity index (χ3n) is 2.49. The molecular formula is C12H13BrFN3. The summed E-state index contributed by atoms with van der Waals surface area (Å²) in [5, 5.41) is 7.30. The first kappa shape index (κ1) is 12.1. The molecule has 0 bridgehead atoms. The molecule has 0 aliphatic rings. The number of halogens is 2. The van der Waals surface area contributed by atoms with E-state index in [1.54, 1.807) is 16.8 Å². The van der Waals surface area contributed by atoms with Crippen LogP contribution in [0.15, 0.2) is 28.7 Å². The second-order valence-electron chi connectivity index (χ2n) is 3.88. The Morgan fingerprint density at radius 3 is 2.82 bits per heavy atom. The van der Waals surface area contributed by atoms with Gasteiger partial charge in [0.15, 0.2) is 0 Å². The molecule has 0 amide bonds. The highest BCUT2D eigenvalue weighted by Gasteiger charge is 2.05. The Labute approximate surface area is 108 Å². The van der Waals surface area contributed by atoms with Crippen LogP contribution in [0.1, 0.15) is 11.4 Å². The van der Waals surface area contributed by atoms with Gasteiger partial charge in [0.05, 0.1) is 23.6 Å². The van der Waals surface area contributed by atoms with Crippen molar-refractivity contribution in [2.45, 2.75) is 13.5 Å². The van der Waals surface area contributed by atoms with Crippen LogP contribution in [0.2, 0.25) is 0 Å². The van der Waals surface area contributed by atoms with Crippen LogP contribution in [-0.2, 0) is 13.6 Å². The third kappa shape index (κ3) is 2.85. The summed E-state index contributed by atoms with van der Waals surface area (Å²) in [6.07, 6.45) is 0. The van der Waals surface area contributed by atoms with Gasteiger partial charge in [0.1, 0.15) is 5.82 Å². The third-order valence-corrected chi connectivity index (χ3v) is 2.98. The highest BCUT2D eigenvalue weighted by Crippen LogP contribution is 2.20. The van der Waals surface area contributed by atoms with E-state index in [1.165, 1.54) is 6.07 Å². The van der Waals surface area contributed by atoms with Crippen molar-refractivity contribution in [1.82, 2.24) is 9.78 Å². The van der Waals surface area contributed by atoms with Crippen molar-refractivity contribution in [1.29, 1.82) is 0 Å². The number of hydrogen-bond donors (Lipinski definition) is 1. The number of anilines is 1. The van der Waals surface area contributed by atoms with Gasteiger partial charge >= 0.3 is 0 Å². The Bertz CT molecular complexity index is 537. The molecule has 5 heteroatoms. The maximum atomic E-state index is 13.5. The first-order valence-corrected chi connectivity index (χ1v) is 6.04. The zero-order valence-electron chi connectivity index (χ0n) is 9.67. The molecule has 2 aromatic rings. The smallest absolute Gasteiger partial charge is 0.146 e. The summed E-state index contributed by atoms with van der Waals surface area (Å²) in [4.78, 5) is 0. The molecule has 0 atom stereocenters. The average Bonchev–Trinajstić information content (AvgIpc) is 2.59. The number of hydrogen-bond acceptors (Lipinski definition) is 2. The highest BCUT2D eigenvalue weighted by molar-refractivity contribution is 9.10. The van der Waals surface area contributed by atoms with Crippen LogP contribution in [0.4, 0.5) is 10.1 Å². The van der Waals surface area contributed by atoms with Gasteiger partial charge in [-0.15, -0.1) is 0 Å². The van der Waals surface area contributed by atoms with Crippen molar-refractivity contribution >= 4 is 21.6 Å². The quantitative estimate of drug-likeness (QED) is 0.942. The predicted octanol–water partition coefficient (Wildman–Crippen LogP) is 3.24. The van der Waals surface area contributed by atoms with E-state index in [-0.39, 0.29) is 5.82 Å². The molecule has 2 rings (SSSR count). The lowest BCUT2D eigenvalue weighted by Crippen LogP contribution is -2.06. The van der Waals surface area contributed by atoms with Crippen molar-refractivity contribution in [3.63, 3.8) is 0 Å². The van der Waals surface area contributed by atoms with E-state index >= 15 is 0 Å². The second-order valence-corrected chi connectivity index (χ2v) is 4.79. The molecule has 3 nitrogen and oxygen atoms in total. The SMILES string of the molecule is Cc1cc(CNc2cc(Br)ccc2F)n(C)n1. The van der Waals surface area contributed by atoms with Gasteiger partial charge in [0, 0.05) is 11.5 Å².